The highest BCUT2D eigenvalue weighted by atomic mass is 16.4. The molecular formula is C11H13NO3. The SMILES string of the molecule is O=C(O)CC1CC2CC=CC=C2NC1=O. The van der Waals surface area contributed by atoms with Crippen molar-refractivity contribution in [2.45, 2.75) is 19.3 Å². The Morgan fingerprint density at radius 1 is 1.60 bits per heavy atom. The first-order valence-electron chi connectivity index (χ1n) is 5.06. The molecule has 4 heteroatoms. The van der Waals surface area contributed by atoms with Gasteiger partial charge in [-0.3, -0.25) is 9.59 Å². The summed E-state index contributed by atoms with van der Waals surface area (Å²) in [6.07, 6.45) is 7.33. The Kier molecular flexibility index (Phi) is 2.58. The molecule has 0 aromatic carbocycles. The summed E-state index contributed by atoms with van der Waals surface area (Å²) in [4.78, 5) is 22.1. The number of carbonyl (C=O) groups is 2. The van der Waals surface area contributed by atoms with Gasteiger partial charge in [-0.15, -0.1) is 0 Å². The lowest BCUT2D eigenvalue weighted by atomic mass is 9.82. The van der Waals surface area contributed by atoms with Crippen molar-refractivity contribution in [1.29, 1.82) is 0 Å². The van der Waals surface area contributed by atoms with Crippen molar-refractivity contribution >= 4 is 11.9 Å². The van der Waals surface area contributed by atoms with Crippen LogP contribution in [0.4, 0.5) is 0 Å². The lowest BCUT2D eigenvalue weighted by molar-refractivity contribution is -0.141. The zero-order valence-electron chi connectivity index (χ0n) is 8.27. The van der Waals surface area contributed by atoms with Crippen molar-refractivity contribution in [3.05, 3.63) is 23.9 Å². The van der Waals surface area contributed by atoms with E-state index >= 15 is 0 Å². The van der Waals surface area contributed by atoms with Crippen molar-refractivity contribution in [3.8, 4) is 0 Å². The summed E-state index contributed by atoms with van der Waals surface area (Å²) in [6, 6.07) is 0. The molecule has 1 aliphatic carbocycles. The summed E-state index contributed by atoms with van der Waals surface area (Å²) in [5.74, 6) is -1.16. The zero-order valence-corrected chi connectivity index (χ0v) is 8.27. The molecule has 2 atom stereocenters. The number of rotatable bonds is 2. The first-order chi connectivity index (χ1) is 7.16. The Morgan fingerprint density at radius 3 is 3.13 bits per heavy atom. The van der Waals surface area contributed by atoms with E-state index in [0.29, 0.717) is 6.42 Å². The molecule has 0 spiro atoms. The molecule has 1 amide bonds. The average Bonchev–Trinajstić information content (AvgIpc) is 2.18. The minimum Gasteiger partial charge on any atom is -0.481 e. The van der Waals surface area contributed by atoms with Crippen molar-refractivity contribution in [3.63, 3.8) is 0 Å². The number of amides is 1. The van der Waals surface area contributed by atoms with E-state index in [1.807, 2.05) is 18.2 Å². The molecule has 0 radical (unpaired) electrons. The second-order valence-corrected chi connectivity index (χ2v) is 4.00. The Labute approximate surface area is 87.7 Å². The van der Waals surface area contributed by atoms with Crippen LogP contribution in [0, 0.1) is 11.8 Å². The fraction of sp³-hybridized carbons (Fsp3) is 0.455. The predicted octanol–water partition coefficient (Wildman–Crippen LogP) is 1.06. The molecule has 0 aromatic rings. The van der Waals surface area contributed by atoms with E-state index in [2.05, 4.69) is 5.32 Å². The summed E-state index contributed by atoms with van der Waals surface area (Å²) in [5.41, 5.74) is 0.934. The summed E-state index contributed by atoms with van der Waals surface area (Å²) < 4.78 is 0. The zero-order chi connectivity index (χ0) is 10.8. The second-order valence-electron chi connectivity index (χ2n) is 4.00. The van der Waals surface area contributed by atoms with E-state index in [4.69, 9.17) is 5.11 Å². The van der Waals surface area contributed by atoms with Gasteiger partial charge in [0.05, 0.1) is 6.42 Å². The molecule has 2 unspecified atom stereocenters. The van der Waals surface area contributed by atoms with Crippen LogP contribution in [0.15, 0.2) is 23.9 Å². The number of fused-ring (bicyclic) bond motifs is 1. The minimum atomic E-state index is -0.908. The number of carboxylic acids is 1. The fourth-order valence-electron chi connectivity index (χ4n) is 2.13. The second kappa shape index (κ2) is 3.88. The third-order valence-corrected chi connectivity index (χ3v) is 2.90. The smallest absolute Gasteiger partial charge is 0.304 e. The maximum atomic E-state index is 11.5. The molecule has 2 rings (SSSR count). The molecular weight excluding hydrogens is 194 g/mol. The summed E-state index contributed by atoms with van der Waals surface area (Å²) in [6.45, 7) is 0. The maximum Gasteiger partial charge on any atom is 0.304 e. The standard InChI is InChI=1S/C11H13NO3/c13-10(14)6-8-5-7-3-1-2-4-9(7)12-11(8)15/h1-2,4,7-8H,3,5-6H2,(H,12,15)(H,13,14). The summed E-state index contributed by atoms with van der Waals surface area (Å²) >= 11 is 0. The van der Waals surface area contributed by atoms with Crippen molar-refractivity contribution in [2.75, 3.05) is 0 Å². The molecule has 2 N–H and O–H groups in total. The first kappa shape index (κ1) is 9.96. The van der Waals surface area contributed by atoms with Gasteiger partial charge in [-0.2, -0.15) is 0 Å². The quantitative estimate of drug-likeness (QED) is 0.711. The number of hydrogen-bond donors (Lipinski definition) is 2. The number of aliphatic carboxylic acids is 1. The predicted molar refractivity (Wildman–Crippen MR) is 53.8 cm³/mol. The van der Waals surface area contributed by atoms with Gasteiger partial charge < -0.3 is 10.4 Å². The minimum absolute atomic E-state index is 0.0701. The van der Waals surface area contributed by atoms with E-state index in [1.165, 1.54) is 0 Å². The normalized spacial score (nSPS) is 29.1. The van der Waals surface area contributed by atoms with Crippen molar-refractivity contribution < 1.29 is 14.7 Å². The molecule has 1 fully saturated rings. The number of carboxylic acid groups (broad SMARTS) is 1. The summed E-state index contributed by atoms with van der Waals surface area (Å²) in [7, 11) is 0. The van der Waals surface area contributed by atoms with Crippen LogP contribution in [-0.2, 0) is 9.59 Å². The Balaban J connectivity index is 2.08. The Hall–Kier alpha value is -1.58. The molecule has 2 aliphatic rings. The monoisotopic (exact) mass is 207 g/mol. The van der Waals surface area contributed by atoms with Crippen LogP contribution >= 0.6 is 0 Å². The van der Waals surface area contributed by atoms with Crippen LogP contribution in [-0.4, -0.2) is 17.0 Å². The van der Waals surface area contributed by atoms with E-state index in [1.54, 1.807) is 0 Å². The van der Waals surface area contributed by atoms with Crippen LogP contribution in [0.5, 0.6) is 0 Å². The molecule has 0 aromatic heterocycles. The van der Waals surface area contributed by atoms with Gasteiger partial charge >= 0.3 is 5.97 Å². The lowest BCUT2D eigenvalue weighted by Gasteiger charge is -2.31. The van der Waals surface area contributed by atoms with Crippen molar-refractivity contribution in [2.24, 2.45) is 11.8 Å². The van der Waals surface area contributed by atoms with Crippen LogP contribution in [0.3, 0.4) is 0 Å². The highest BCUT2D eigenvalue weighted by molar-refractivity contribution is 5.85. The molecule has 1 heterocycles. The number of piperidine rings is 1. The third kappa shape index (κ3) is 2.09. The third-order valence-electron chi connectivity index (χ3n) is 2.90. The molecule has 80 valence electrons. The van der Waals surface area contributed by atoms with E-state index in [-0.39, 0.29) is 24.2 Å². The lowest BCUT2D eigenvalue weighted by Crippen LogP contribution is -2.41. The van der Waals surface area contributed by atoms with Crippen LogP contribution in [0.1, 0.15) is 19.3 Å². The molecule has 1 saturated heterocycles. The van der Waals surface area contributed by atoms with Gasteiger partial charge in [0.25, 0.3) is 0 Å². The first-order valence-corrected chi connectivity index (χ1v) is 5.06. The highest BCUT2D eigenvalue weighted by Gasteiger charge is 2.33. The highest BCUT2D eigenvalue weighted by Crippen LogP contribution is 2.31. The molecule has 1 aliphatic heterocycles. The van der Waals surface area contributed by atoms with Crippen LogP contribution in [0.2, 0.25) is 0 Å². The topological polar surface area (TPSA) is 66.4 Å². The Morgan fingerprint density at radius 2 is 2.40 bits per heavy atom. The number of allylic oxidation sites excluding steroid dienone is 4. The van der Waals surface area contributed by atoms with Crippen LogP contribution < -0.4 is 5.32 Å². The van der Waals surface area contributed by atoms with Gasteiger partial charge in [0, 0.05) is 17.5 Å². The van der Waals surface area contributed by atoms with Gasteiger partial charge in [-0.05, 0) is 18.9 Å². The van der Waals surface area contributed by atoms with Gasteiger partial charge in [0.15, 0.2) is 0 Å². The molecule has 4 nitrogen and oxygen atoms in total. The molecule has 15 heavy (non-hydrogen) atoms. The van der Waals surface area contributed by atoms with Crippen molar-refractivity contribution in [1.82, 2.24) is 5.32 Å². The Bertz CT molecular complexity index is 357. The molecule has 0 saturated carbocycles. The fourth-order valence-corrected chi connectivity index (χ4v) is 2.13. The van der Waals surface area contributed by atoms with Gasteiger partial charge in [-0.25, -0.2) is 0 Å². The average molecular weight is 207 g/mol. The van der Waals surface area contributed by atoms with E-state index in [0.717, 1.165) is 12.1 Å². The number of nitrogens with one attached hydrogen (secondary N) is 1. The molecule has 0 bridgehead atoms. The van der Waals surface area contributed by atoms with Crippen LogP contribution in [0.25, 0.3) is 0 Å². The number of carbonyl (C=O) groups excluding carboxylic acids is 1. The maximum absolute atomic E-state index is 11.5. The van der Waals surface area contributed by atoms with Gasteiger partial charge in [-0.1, -0.05) is 12.2 Å². The largest absolute Gasteiger partial charge is 0.481 e. The number of hydrogen-bond acceptors (Lipinski definition) is 2. The summed E-state index contributed by atoms with van der Waals surface area (Å²) in [5, 5.41) is 11.5. The van der Waals surface area contributed by atoms with Gasteiger partial charge in [0.2, 0.25) is 5.91 Å². The van der Waals surface area contributed by atoms with E-state index < -0.39 is 5.97 Å². The van der Waals surface area contributed by atoms with Gasteiger partial charge in [0.1, 0.15) is 0 Å². The van der Waals surface area contributed by atoms with E-state index in [9.17, 15) is 9.59 Å².